The molecule has 1 N–H and O–H groups in total. The van der Waals surface area contributed by atoms with Gasteiger partial charge < -0.3 is 14.3 Å². The molecule has 1 aliphatic rings. The first-order chi connectivity index (χ1) is 11.5. The van der Waals surface area contributed by atoms with Gasteiger partial charge in [-0.3, -0.25) is 0 Å². The van der Waals surface area contributed by atoms with Crippen molar-refractivity contribution < 1.29 is 19.1 Å². The molecule has 0 bridgehead atoms. The highest BCUT2D eigenvalue weighted by molar-refractivity contribution is 6.74. The van der Waals surface area contributed by atoms with Crippen LogP contribution in [0.25, 0.3) is 0 Å². The Labute approximate surface area is 152 Å². The number of carbonyl (C=O) groups excluding carboxylic acids is 1. The van der Waals surface area contributed by atoms with E-state index in [9.17, 15) is 9.90 Å². The van der Waals surface area contributed by atoms with Crippen molar-refractivity contribution >= 4 is 14.3 Å². The summed E-state index contributed by atoms with van der Waals surface area (Å²) in [5.74, 6) is -0.540. The molecular weight excluding hydrogens is 332 g/mol. The third-order valence-electron chi connectivity index (χ3n) is 5.51. The van der Waals surface area contributed by atoms with E-state index in [-0.39, 0.29) is 16.9 Å². The second-order valence-electron chi connectivity index (χ2n) is 8.31. The number of aliphatic hydroxyl groups excluding tert-OH is 1. The predicted octanol–water partition coefficient (Wildman–Crippen LogP) is 4.17. The van der Waals surface area contributed by atoms with Crippen molar-refractivity contribution in [2.24, 2.45) is 5.92 Å². The molecule has 0 saturated heterocycles. The molecule has 3 atom stereocenters. The number of ether oxygens (including phenoxy) is 1. The first-order valence-corrected chi connectivity index (χ1v) is 11.7. The van der Waals surface area contributed by atoms with Gasteiger partial charge in [0.05, 0.1) is 11.7 Å². The third-order valence-corrected chi connectivity index (χ3v) is 10.0. The summed E-state index contributed by atoms with van der Waals surface area (Å²) in [6.07, 6.45) is -0.676. The smallest absolute Gasteiger partial charge is 0.338 e. The highest BCUT2D eigenvalue weighted by atomic mass is 28.4. The van der Waals surface area contributed by atoms with Crippen molar-refractivity contribution in [1.82, 2.24) is 0 Å². The fourth-order valence-electron chi connectivity index (χ4n) is 2.66. The first-order valence-electron chi connectivity index (χ1n) is 8.79. The minimum absolute atomic E-state index is 0.0990. The first kappa shape index (κ1) is 19.9. The van der Waals surface area contributed by atoms with Crippen LogP contribution in [0, 0.1) is 5.92 Å². The van der Waals surface area contributed by atoms with Crippen molar-refractivity contribution in [2.75, 3.05) is 6.61 Å². The third kappa shape index (κ3) is 4.60. The summed E-state index contributed by atoms with van der Waals surface area (Å²) in [5.41, 5.74) is 1.21. The largest absolute Gasteiger partial charge is 0.458 e. The summed E-state index contributed by atoms with van der Waals surface area (Å²) >= 11 is 0. The van der Waals surface area contributed by atoms with Crippen LogP contribution in [0.4, 0.5) is 0 Å². The van der Waals surface area contributed by atoms with Crippen LogP contribution in [0.15, 0.2) is 42.5 Å². The van der Waals surface area contributed by atoms with Crippen LogP contribution in [-0.2, 0) is 9.16 Å². The van der Waals surface area contributed by atoms with Gasteiger partial charge in [0, 0.05) is 18.9 Å². The molecule has 5 heteroatoms. The summed E-state index contributed by atoms with van der Waals surface area (Å²) in [6.45, 7) is 15.4. The zero-order valence-electron chi connectivity index (χ0n) is 15.9. The highest BCUT2D eigenvalue weighted by Gasteiger charge is 2.43. The molecule has 1 unspecified atom stereocenters. The van der Waals surface area contributed by atoms with Gasteiger partial charge in [0.2, 0.25) is 0 Å². The SMILES string of the molecule is C=C1[C@H](O)CC(OC(=O)c2ccccc2)[C@H]1CO[Si](C)(C)C(C)(C)C. The molecule has 0 aromatic heterocycles. The van der Waals surface area contributed by atoms with Gasteiger partial charge in [0.15, 0.2) is 8.32 Å². The number of carbonyl (C=O) groups is 1. The lowest BCUT2D eigenvalue weighted by molar-refractivity contribution is 0.0144. The molecule has 1 aliphatic carbocycles. The molecular formula is C20H30O4Si. The Hall–Kier alpha value is -1.43. The normalized spacial score (nSPS) is 24.4. The van der Waals surface area contributed by atoms with Crippen LogP contribution in [0.3, 0.4) is 0 Å². The maximum absolute atomic E-state index is 12.4. The van der Waals surface area contributed by atoms with Crippen LogP contribution in [0.5, 0.6) is 0 Å². The van der Waals surface area contributed by atoms with Crippen molar-refractivity contribution in [3.63, 3.8) is 0 Å². The Morgan fingerprint density at radius 1 is 1.28 bits per heavy atom. The van der Waals surface area contributed by atoms with Gasteiger partial charge in [-0.1, -0.05) is 45.5 Å². The van der Waals surface area contributed by atoms with Gasteiger partial charge in [-0.25, -0.2) is 4.79 Å². The number of aliphatic hydroxyl groups is 1. The Morgan fingerprint density at radius 3 is 2.44 bits per heavy atom. The number of hydrogen-bond acceptors (Lipinski definition) is 4. The van der Waals surface area contributed by atoms with Crippen molar-refractivity contribution in [2.45, 2.75) is 57.5 Å². The number of hydrogen-bond donors (Lipinski definition) is 1. The van der Waals surface area contributed by atoms with Gasteiger partial charge in [0.1, 0.15) is 6.10 Å². The van der Waals surface area contributed by atoms with Crippen LogP contribution in [0.1, 0.15) is 37.6 Å². The lowest BCUT2D eigenvalue weighted by Crippen LogP contribution is -2.43. The van der Waals surface area contributed by atoms with Crippen molar-refractivity contribution in [3.8, 4) is 0 Å². The highest BCUT2D eigenvalue weighted by Crippen LogP contribution is 2.39. The molecule has 1 saturated carbocycles. The molecule has 1 aromatic carbocycles. The Morgan fingerprint density at radius 2 is 1.88 bits per heavy atom. The molecule has 1 fully saturated rings. The lowest BCUT2D eigenvalue weighted by Gasteiger charge is -2.37. The zero-order valence-corrected chi connectivity index (χ0v) is 16.9. The molecule has 138 valence electrons. The molecule has 25 heavy (non-hydrogen) atoms. The average Bonchev–Trinajstić information content (AvgIpc) is 2.79. The Balaban J connectivity index is 2.07. The topological polar surface area (TPSA) is 55.8 Å². The molecule has 2 rings (SSSR count). The Kier molecular flexibility index (Phi) is 5.92. The van der Waals surface area contributed by atoms with E-state index in [1.165, 1.54) is 0 Å². The van der Waals surface area contributed by atoms with Gasteiger partial charge >= 0.3 is 5.97 Å². The molecule has 0 aliphatic heterocycles. The van der Waals surface area contributed by atoms with Crippen LogP contribution < -0.4 is 0 Å². The molecule has 0 spiro atoms. The van der Waals surface area contributed by atoms with E-state index in [0.717, 1.165) is 0 Å². The van der Waals surface area contributed by atoms with Gasteiger partial charge in [-0.05, 0) is 35.8 Å². The van der Waals surface area contributed by atoms with Crippen LogP contribution in [0.2, 0.25) is 18.1 Å². The summed E-state index contributed by atoms with van der Waals surface area (Å²) in [7, 11) is -1.92. The van der Waals surface area contributed by atoms with E-state index in [1.807, 2.05) is 6.07 Å². The second-order valence-corrected chi connectivity index (χ2v) is 13.1. The van der Waals surface area contributed by atoms with E-state index < -0.39 is 20.5 Å². The van der Waals surface area contributed by atoms with Crippen LogP contribution >= 0.6 is 0 Å². The van der Waals surface area contributed by atoms with Crippen molar-refractivity contribution in [1.29, 1.82) is 0 Å². The van der Waals surface area contributed by atoms with E-state index in [2.05, 4.69) is 40.4 Å². The fourth-order valence-corrected chi connectivity index (χ4v) is 3.69. The van der Waals surface area contributed by atoms with Gasteiger partial charge in [-0.15, -0.1) is 0 Å². The molecule has 0 heterocycles. The zero-order chi connectivity index (χ0) is 18.8. The summed E-state index contributed by atoms with van der Waals surface area (Å²) in [4.78, 5) is 12.4. The standard InChI is InChI=1S/C20H30O4Si/c1-14-16(13-23-25(5,6)20(2,3)4)18(12-17(14)21)24-19(22)15-10-8-7-9-11-15/h7-11,16-18,21H,1,12-13H2,2-6H3/t16-,17+,18?/m0/s1. The van der Waals surface area contributed by atoms with E-state index in [0.29, 0.717) is 24.2 Å². The quantitative estimate of drug-likeness (QED) is 0.485. The maximum atomic E-state index is 12.4. The van der Waals surface area contributed by atoms with E-state index in [4.69, 9.17) is 9.16 Å². The molecule has 1 aromatic rings. The fraction of sp³-hybridized carbons (Fsp3) is 0.550. The number of esters is 1. The van der Waals surface area contributed by atoms with Gasteiger partial charge in [-0.2, -0.15) is 0 Å². The average molecular weight is 363 g/mol. The molecule has 0 amide bonds. The van der Waals surface area contributed by atoms with E-state index >= 15 is 0 Å². The van der Waals surface area contributed by atoms with Crippen molar-refractivity contribution in [3.05, 3.63) is 48.0 Å². The molecule has 0 radical (unpaired) electrons. The summed E-state index contributed by atoms with van der Waals surface area (Å²) in [5, 5.41) is 10.3. The monoisotopic (exact) mass is 362 g/mol. The summed E-state index contributed by atoms with van der Waals surface area (Å²) in [6, 6.07) is 8.91. The minimum atomic E-state index is -1.92. The molecule has 4 nitrogen and oxygen atoms in total. The predicted molar refractivity (Wildman–Crippen MR) is 102 cm³/mol. The van der Waals surface area contributed by atoms with Gasteiger partial charge in [0.25, 0.3) is 0 Å². The maximum Gasteiger partial charge on any atom is 0.338 e. The van der Waals surface area contributed by atoms with Crippen LogP contribution in [-0.4, -0.2) is 38.2 Å². The number of rotatable bonds is 5. The Bertz CT molecular complexity index is 618. The number of benzene rings is 1. The second kappa shape index (κ2) is 7.44. The summed E-state index contributed by atoms with van der Waals surface area (Å²) < 4.78 is 12.0. The lowest BCUT2D eigenvalue weighted by atomic mass is 10.0. The minimum Gasteiger partial charge on any atom is -0.458 e. The van der Waals surface area contributed by atoms with E-state index in [1.54, 1.807) is 24.3 Å².